The molecule has 1 heterocycles. The van der Waals surface area contributed by atoms with Crippen LogP contribution in [0.3, 0.4) is 0 Å². The molecule has 22 heavy (non-hydrogen) atoms. The maximum absolute atomic E-state index is 11.8. The summed E-state index contributed by atoms with van der Waals surface area (Å²) in [5.74, 6) is 0.335. The number of hydrogen-bond donors (Lipinski definition) is 1. The first kappa shape index (κ1) is 15.5. The van der Waals surface area contributed by atoms with Crippen LogP contribution in [0.15, 0.2) is 29.6 Å². The Kier molecular flexibility index (Phi) is 5.11. The number of aldehydes is 1. The largest absolute Gasteiger partial charge is 0.493 e. The molecule has 0 fully saturated rings. The number of ether oxygens (including phenoxy) is 2. The lowest BCUT2D eigenvalue weighted by Gasteiger charge is -2.10. The molecule has 0 aliphatic rings. The minimum Gasteiger partial charge on any atom is -0.493 e. The van der Waals surface area contributed by atoms with Crippen LogP contribution in [0.4, 0.5) is 5.00 Å². The highest BCUT2D eigenvalue weighted by Gasteiger charge is 2.11. The predicted molar refractivity (Wildman–Crippen MR) is 81.5 cm³/mol. The van der Waals surface area contributed by atoms with Crippen LogP contribution in [-0.2, 0) is 4.79 Å². The van der Waals surface area contributed by atoms with Crippen LogP contribution in [0.5, 0.6) is 11.5 Å². The van der Waals surface area contributed by atoms with Gasteiger partial charge in [0.05, 0.1) is 12.7 Å². The summed E-state index contributed by atoms with van der Waals surface area (Å²) in [6.45, 7) is -0.237. The number of benzene rings is 1. The standard InChI is InChI=1S/C15H12N2O4S/c1-20-13-6-10(8-18)2-3-12(13)21-9-14(19)17-15-11(7-16)4-5-22-15/h2-6,8H,9H2,1H3,(H,17,19). The van der Waals surface area contributed by atoms with Crippen molar-refractivity contribution in [3.05, 3.63) is 40.8 Å². The summed E-state index contributed by atoms with van der Waals surface area (Å²) >= 11 is 1.26. The molecule has 0 aliphatic heterocycles. The number of nitriles is 1. The van der Waals surface area contributed by atoms with Crippen LogP contribution in [-0.4, -0.2) is 25.9 Å². The number of hydrogen-bond acceptors (Lipinski definition) is 6. The Balaban J connectivity index is 1.99. The second-order valence-corrected chi connectivity index (χ2v) is 5.06. The summed E-state index contributed by atoms with van der Waals surface area (Å²) in [5.41, 5.74) is 0.858. The first-order chi connectivity index (χ1) is 10.7. The Bertz CT molecular complexity index is 733. The highest BCUT2D eigenvalue weighted by molar-refractivity contribution is 7.14. The van der Waals surface area contributed by atoms with Crippen molar-refractivity contribution in [2.75, 3.05) is 19.0 Å². The van der Waals surface area contributed by atoms with Crippen LogP contribution < -0.4 is 14.8 Å². The van der Waals surface area contributed by atoms with Gasteiger partial charge < -0.3 is 14.8 Å². The maximum atomic E-state index is 11.8. The van der Waals surface area contributed by atoms with Crippen molar-refractivity contribution < 1.29 is 19.1 Å². The fraction of sp³-hybridized carbons (Fsp3) is 0.133. The quantitative estimate of drug-likeness (QED) is 0.827. The van der Waals surface area contributed by atoms with Gasteiger partial charge in [-0.3, -0.25) is 9.59 Å². The fourth-order valence-electron chi connectivity index (χ4n) is 1.68. The zero-order valence-corrected chi connectivity index (χ0v) is 12.5. The molecule has 2 aromatic rings. The van der Waals surface area contributed by atoms with Crippen molar-refractivity contribution in [1.82, 2.24) is 0 Å². The second-order valence-electron chi connectivity index (χ2n) is 4.14. The van der Waals surface area contributed by atoms with E-state index in [4.69, 9.17) is 14.7 Å². The lowest BCUT2D eigenvalue weighted by molar-refractivity contribution is -0.118. The van der Waals surface area contributed by atoms with Gasteiger partial charge in [-0.15, -0.1) is 11.3 Å². The summed E-state index contributed by atoms with van der Waals surface area (Å²) < 4.78 is 10.5. The van der Waals surface area contributed by atoms with E-state index < -0.39 is 0 Å². The zero-order valence-electron chi connectivity index (χ0n) is 11.7. The molecule has 0 aliphatic carbocycles. The Morgan fingerprint density at radius 3 is 2.91 bits per heavy atom. The molecule has 0 saturated carbocycles. The molecule has 0 radical (unpaired) electrons. The van der Waals surface area contributed by atoms with E-state index in [1.54, 1.807) is 23.6 Å². The highest BCUT2D eigenvalue weighted by Crippen LogP contribution is 2.27. The van der Waals surface area contributed by atoms with Gasteiger partial charge >= 0.3 is 0 Å². The van der Waals surface area contributed by atoms with Gasteiger partial charge in [-0.2, -0.15) is 5.26 Å². The van der Waals surface area contributed by atoms with Gasteiger partial charge in [0.15, 0.2) is 18.1 Å². The van der Waals surface area contributed by atoms with E-state index in [1.807, 2.05) is 6.07 Å². The zero-order chi connectivity index (χ0) is 15.9. The molecular formula is C15H12N2O4S. The number of nitrogens with one attached hydrogen (secondary N) is 1. The summed E-state index contributed by atoms with van der Waals surface area (Å²) in [6, 6.07) is 8.26. The number of methoxy groups -OCH3 is 1. The van der Waals surface area contributed by atoms with Crippen LogP contribution >= 0.6 is 11.3 Å². The first-order valence-electron chi connectivity index (χ1n) is 6.21. The summed E-state index contributed by atoms with van der Waals surface area (Å²) in [5, 5.41) is 13.7. The van der Waals surface area contributed by atoms with Crippen molar-refractivity contribution in [2.45, 2.75) is 0 Å². The average Bonchev–Trinajstić information content (AvgIpc) is 2.99. The number of amides is 1. The molecule has 7 heteroatoms. The Hall–Kier alpha value is -2.85. The molecule has 1 amide bonds. The van der Waals surface area contributed by atoms with Crippen molar-refractivity contribution in [3.8, 4) is 17.6 Å². The van der Waals surface area contributed by atoms with E-state index in [0.29, 0.717) is 33.9 Å². The van der Waals surface area contributed by atoms with Crippen molar-refractivity contribution >= 4 is 28.5 Å². The van der Waals surface area contributed by atoms with Gasteiger partial charge in [0, 0.05) is 5.56 Å². The third-order valence-electron chi connectivity index (χ3n) is 2.72. The van der Waals surface area contributed by atoms with Gasteiger partial charge in [-0.25, -0.2) is 0 Å². The smallest absolute Gasteiger partial charge is 0.262 e. The number of carbonyl (C=O) groups is 2. The molecule has 2 rings (SSSR count). The van der Waals surface area contributed by atoms with E-state index in [2.05, 4.69) is 5.32 Å². The number of carbonyl (C=O) groups excluding carboxylic acids is 2. The molecule has 1 aromatic carbocycles. The van der Waals surface area contributed by atoms with Gasteiger partial charge in [0.1, 0.15) is 17.4 Å². The average molecular weight is 316 g/mol. The minimum absolute atomic E-state index is 0.237. The molecule has 0 unspecified atom stereocenters. The minimum atomic E-state index is -0.388. The lowest BCUT2D eigenvalue weighted by Crippen LogP contribution is -2.20. The number of anilines is 1. The molecule has 1 aromatic heterocycles. The Morgan fingerprint density at radius 2 is 2.23 bits per heavy atom. The third kappa shape index (κ3) is 3.62. The Labute approximate surface area is 130 Å². The van der Waals surface area contributed by atoms with Crippen molar-refractivity contribution in [3.63, 3.8) is 0 Å². The number of rotatable bonds is 6. The normalized spacial score (nSPS) is 9.64. The van der Waals surface area contributed by atoms with E-state index in [9.17, 15) is 9.59 Å². The van der Waals surface area contributed by atoms with Crippen molar-refractivity contribution in [2.24, 2.45) is 0 Å². The second kappa shape index (κ2) is 7.24. The van der Waals surface area contributed by atoms with E-state index in [0.717, 1.165) is 0 Å². The van der Waals surface area contributed by atoms with Crippen molar-refractivity contribution in [1.29, 1.82) is 5.26 Å². The van der Waals surface area contributed by atoms with Crippen LogP contribution in [0.2, 0.25) is 0 Å². The summed E-state index contributed by atoms with van der Waals surface area (Å²) in [4.78, 5) is 22.5. The van der Waals surface area contributed by atoms with Gasteiger partial charge in [-0.1, -0.05) is 0 Å². The van der Waals surface area contributed by atoms with E-state index in [-0.39, 0.29) is 12.5 Å². The molecular weight excluding hydrogens is 304 g/mol. The van der Waals surface area contributed by atoms with Crippen LogP contribution in [0, 0.1) is 11.3 Å². The van der Waals surface area contributed by atoms with E-state index >= 15 is 0 Å². The molecule has 0 atom stereocenters. The fourth-order valence-corrected chi connectivity index (χ4v) is 2.43. The molecule has 0 spiro atoms. The first-order valence-corrected chi connectivity index (χ1v) is 7.09. The molecule has 112 valence electrons. The summed E-state index contributed by atoms with van der Waals surface area (Å²) in [6.07, 6.45) is 0.694. The molecule has 0 bridgehead atoms. The van der Waals surface area contributed by atoms with Gasteiger partial charge in [0.25, 0.3) is 5.91 Å². The van der Waals surface area contributed by atoms with Gasteiger partial charge in [-0.05, 0) is 29.6 Å². The molecule has 6 nitrogen and oxygen atoms in total. The van der Waals surface area contributed by atoms with E-state index in [1.165, 1.54) is 24.5 Å². The lowest BCUT2D eigenvalue weighted by atomic mass is 10.2. The topological polar surface area (TPSA) is 88.4 Å². The van der Waals surface area contributed by atoms with Gasteiger partial charge in [0.2, 0.25) is 0 Å². The highest BCUT2D eigenvalue weighted by atomic mass is 32.1. The maximum Gasteiger partial charge on any atom is 0.262 e. The molecule has 0 saturated heterocycles. The van der Waals surface area contributed by atoms with Crippen LogP contribution in [0.1, 0.15) is 15.9 Å². The number of nitrogens with zero attached hydrogens (tertiary/aromatic N) is 1. The number of thiophene rings is 1. The Morgan fingerprint density at radius 1 is 1.41 bits per heavy atom. The molecule has 1 N–H and O–H groups in total. The SMILES string of the molecule is COc1cc(C=O)ccc1OCC(=O)Nc1sccc1C#N. The van der Waals surface area contributed by atoms with Crippen LogP contribution in [0.25, 0.3) is 0 Å². The third-order valence-corrected chi connectivity index (χ3v) is 3.55. The monoisotopic (exact) mass is 316 g/mol. The predicted octanol–water partition coefficient (Wildman–Crippen LogP) is 2.46. The summed E-state index contributed by atoms with van der Waals surface area (Å²) in [7, 11) is 1.45.